The molecule has 6 aromatic rings. The van der Waals surface area contributed by atoms with E-state index >= 15 is 0 Å². The van der Waals surface area contributed by atoms with E-state index in [0.717, 1.165) is 51.1 Å². The summed E-state index contributed by atoms with van der Waals surface area (Å²) in [5.74, 6) is -3.28. The fourth-order valence-corrected chi connectivity index (χ4v) is 7.46. The number of benzene rings is 6. The molecule has 1 aliphatic rings. The minimum absolute atomic E-state index is 0.0569. The minimum atomic E-state index is -1.23. The van der Waals surface area contributed by atoms with Gasteiger partial charge in [0.15, 0.2) is 11.6 Å². The smallest absolute Gasteiger partial charge is 0.407 e. The number of carbonyl (C=O) groups is 4. The molecule has 4 N–H and O–H groups in total. The van der Waals surface area contributed by atoms with E-state index in [4.69, 9.17) is 9.47 Å². The Morgan fingerprint density at radius 2 is 1.13 bits per heavy atom. The molecule has 316 valence electrons. The molecule has 10 nitrogen and oxygen atoms in total. The highest BCUT2D eigenvalue weighted by atomic mass is 19.2. The lowest BCUT2D eigenvalue weighted by Crippen LogP contribution is -2.55. The average molecular weight is 837 g/mol. The van der Waals surface area contributed by atoms with Gasteiger partial charge in [-0.2, -0.15) is 0 Å². The lowest BCUT2D eigenvalue weighted by Gasteiger charge is -2.24. The van der Waals surface area contributed by atoms with Gasteiger partial charge in [0, 0.05) is 37.4 Å². The van der Waals surface area contributed by atoms with Crippen LogP contribution in [0.5, 0.6) is 5.75 Å². The van der Waals surface area contributed by atoms with Crippen LogP contribution in [0, 0.1) is 11.6 Å². The molecule has 0 saturated carbocycles. The summed E-state index contributed by atoms with van der Waals surface area (Å²) in [4.78, 5) is 53.9. The fraction of sp³-hybridized carbons (Fsp3) is 0.200. The summed E-state index contributed by atoms with van der Waals surface area (Å²) in [6.07, 6.45) is -0.630. The van der Waals surface area contributed by atoms with Crippen LogP contribution in [0.15, 0.2) is 146 Å². The summed E-state index contributed by atoms with van der Waals surface area (Å²) in [6.45, 7) is 2.83. The summed E-state index contributed by atoms with van der Waals surface area (Å²) in [7, 11) is 0. The summed E-state index contributed by atoms with van der Waals surface area (Å²) in [5, 5.41) is 11.2. The number of alkyl carbamates (subject to hydrolysis) is 1. The molecular formula is C50H46F2N4O6. The second-order valence-corrected chi connectivity index (χ2v) is 14.9. The third-order valence-corrected chi connectivity index (χ3v) is 10.7. The first kappa shape index (κ1) is 42.8. The number of carbonyl (C=O) groups excluding carboxylic acids is 4. The van der Waals surface area contributed by atoms with E-state index in [-0.39, 0.29) is 44.0 Å². The van der Waals surface area contributed by atoms with Crippen LogP contribution in [0.2, 0.25) is 0 Å². The van der Waals surface area contributed by atoms with Gasteiger partial charge in [0.2, 0.25) is 11.8 Å². The third kappa shape index (κ3) is 10.9. The van der Waals surface area contributed by atoms with Crippen molar-refractivity contribution in [3.63, 3.8) is 0 Å². The maximum absolute atomic E-state index is 14.3. The van der Waals surface area contributed by atoms with Gasteiger partial charge in [-0.25, -0.2) is 13.6 Å². The Morgan fingerprint density at radius 1 is 0.581 bits per heavy atom. The molecule has 0 spiro atoms. The number of hydrogen-bond donors (Lipinski definition) is 4. The monoisotopic (exact) mass is 836 g/mol. The average Bonchev–Trinajstić information content (AvgIpc) is 3.62. The van der Waals surface area contributed by atoms with Gasteiger partial charge in [-0.1, -0.05) is 109 Å². The number of halogens is 2. The molecule has 0 saturated heterocycles. The highest BCUT2D eigenvalue weighted by Crippen LogP contribution is 2.44. The number of rotatable bonds is 17. The van der Waals surface area contributed by atoms with Crippen LogP contribution in [0.3, 0.4) is 0 Å². The van der Waals surface area contributed by atoms with Gasteiger partial charge in [0.25, 0.3) is 5.91 Å². The molecule has 1 aliphatic carbocycles. The highest BCUT2D eigenvalue weighted by Gasteiger charge is 2.30. The van der Waals surface area contributed by atoms with E-state index in [0.29, 0.717) is 17.9 Å². The van der Waals surface area contributed by atoms with E-state index in [9.17, 15) is 28.0 Å². The van der Waals surface area contributed by atoms with Crippen LogP contribution in [-0.2, 0) is 40.3 Å². The largest absolute Gasteiger partial charge is 0.494 e. The summed E-state index contributed by atoms with van der Waals surface area (Å²) in [6, 6.07) is 39.9. The zero-order chi connectivity index (χ0) is 43.4. The molecule has 6 aromatic carbocycles. The van der Waals surface area contributed by atoms with Gasteiger partial charge in [0.05, 0.1) is 6.61 Å². The van der Waals surface area contributed by atoms with Crippen molar-refractivity contribution >= 4 is 23.8 Å². The van der Waals surface area contributed by atoms with Crippen molar-refractivity contribution in [3.05, 3.63) is 196 Å². The summed E-state index contributed by atoms with van der Waals surface area (Å²) >= 11 is 0. The standard InChI is InChI=1S/C50H46F2N4O6/c1-2-61-37-23-20-32(21-24-37)27-46(55-47(57)36-10-4-3-5-11-36)49(59)56-45(28-35-22-25-43(51)44(52)26-35)48(58)53-29-33-16-18-34(19-17-33)30-54-50(60)62-31-42-40-14-8-6-12-38(40)39-13-7-9-15-41(39)42/h3-26,42,45-46H,2,27-31H2,1H3,(H,53,58)(H,54,60)(H,55,57)(H,56,59). The van der Waals surface area contributed by atoms with Gasteiger partial charge in [0.1, 0.15) is 24.4 Å². The van der Waals surface area contributed by atoms with Crippen molar-refractivity contribution in [1.82, 2.24) is 21.3 Å². The van der Waals surface area contributed by atoms with E-state index < -0.39 is 47.5 Å². The molecule has 0 radical (unpaired) electrons. The number of hydrogen-bond acceptors (Lipinski definition) is 6. The van der Waals surface area contributed by atoms with Crippen LogP contribution in [0.25, 0.3) is 11.1 Å². The van der Waals surface area contributed by atoms with E-state index in [1.54, 1.807) is 66.7 Å². The van der Waals surface area contributed by atoms with E-state index in [1.165, 1.54) is 6.07 Å². The molecule has 0 heterocycles. The Labute approximate surface area is 358 Å². The normalized spacial score (nSPS) is 12.6. The topological polar surface area (TPSA) is 135 Å². The molecule has 2 unspecified atom stereocenters. The molecule has 62 heavy (non-hydrogen) atoms. The zero-order valence-corrected chi connectivity index (χ0v) is 34.0. The SMILES string of the molecule is CCOc1ccc(CC(NC(=O)c2ccccc2)C(=O)NC(Cc2ccc(F)c(F)c2)C(=O)NCc2ccc(CNC(=O)OCC3c4ccccc4-c4ccccc43)cc2)cc1. The summed E-state index contributed by atoms with van der Waals surface area (Å²) < 4.78 is 39.4. The number of nitrogens with one attached hydrogen (secondary N) is 4. The van der Waals surface area contributed by atoms with Gasteiger partial charge in [-0.15, -0.1) is 0 Å². The number of fused-ring (bicyclic) bond motifs is 3. The highest BCUT2D eigenvalue weighted by molar-refractivity contribution is 5.98. The van der Waals surface area contributed by atoms with E-state index in [2.05, 4.69) is 45.5 Å². The molecule has 12 heteroatoms. The fourth-order valence-electron chi connectivity index (χ4n) is 7.46. The molecule has 0 fully saturated rings. The Kier molecular flexibility index (Phi) is 14.0. The first-order valence-corrected chi connectivity index (χ1v) is 20.4. The molecule has 4 amide bonds. The van der Waals surface area contributed by atoms with Crippen LogP contribution < -0.4 is 26.0 Å². The third-order valence-electron chi connectivity index (χ3n) is 10.7. The molecule has 0 bridgehead atoms. The molecule has 0 aromatic heterocycles. The molecular weight excluding hydrogens is 791 g/mol. The Balaban J connectivity index is 0.976. The van der Waals surface area contributed by atoms with Crippen molar-refractivity contribution in [3.8, 4) is 16.9 Å². The first-order valence-electron chi connectivity index (χ1n) is 20.4. The van der Waals surface area contributed by atoms with Crippen LogP contribution in [0.1, 0.15) is 56.6 Å². The molecule has 0 aliphatic heterocycles. The van der Waals surface area contributed by atoms with Crippen molar-refractivity contribution in [2.45, 2.75) is 50.9 Å². The van der Waals surface area contributed by atoms with E-state index in [1.807, 2.05) is 43.3 Å². The van der Waals surface area contributed by atoms with Gasteiger partial charge < -0.3 is 30.7 Å². The first-order chi connectivity index (χ1) is 30.1. The van der Waals surface area contributed by atoms with Crippen molar-refractivity contribution in [2.75, 3.05) is 13.2 Å². The maximum atomic E-state index is 14.3. The van der Waals surface area contributed by atoms with Crippen LogP contribution in [0.4, 0.5) is 13.6 Å². The number of amides is 4. The predicted molar refractivity (Wildman–Crippen MR) is 231 cm³/mol. The van der Waals surface area contributed by atoms with Crippen molar-refractivity contribution < 1.29 is 37.4 Å². The maximum Gasteiger partial charge on any atom is 0.407 e. The molecule has 2 atom stereocenters. The second-order valence-electron chi connectivity index (χ2n) is 14.9. The second kappa shape index (κ2) is 20.3. The predicted octanol–water partition coefficient (Wildman–Crippen LogP) is 7.79. The Hall–Kier alpha value is -7.34. The van der Waals surface area contributed by atoms with Crippen LogP contribution >= 0.6 is 0 Å². The minimum Gasteiger partial charge on any atom is -0.494 e. The number of ether oxygens (including phenoxy) is 2. The van der Waals surface area contributed by atoms with Crippen molar-refractivity contribution in [1.29, 1.82) is 0 Å². The van der Waals surface area contributed by atoms with Gasteiger partial charge >= 0.3 is 6.09 Å². The summed E-state index contributed by atoms with van der Waals surface area (Å²) in [5.41, 5.74) is 7.40. The molecule has 7 rings (SSSR count). The Morgan fingerprint density at radius 3 is 1.76 bits per heavy atom. The van der Waals surface area contributed by atoms with Crippen molar-refractivity contribution in [2.24, 2.45) is 0 Å². The Bertz CT molecular complexity index is 2470. The van der Waals surface area contributed by atoms with Crippen LogP contribution in [-0.4, -0.2) is 49.1 Å². The van der Waals surface area contributed by atoms with Gasteiger partial charge in [-0.3, -0.25) is 14.4 Å². The zero-order valence-electron chi connectivity index (χ0n) is 34.0. The lowest BCUT2D eigenvalue weighted by molar-refractivity contribution is -0.130. The van der Waals surface area contributed by atoms with Gasteiger partial charge in [-0.05, 0) is 87.8 Å². The lowest BCUT2D eigenvalue weighted by atomic mass is 9.98. The quantitative estimate of drug-likeness (QED) is 0.0742.